The van der Waals surface area contributed by atoms with E-state index < -0.39 is 10.0 Å². The van der Waals surface area contributed by atoms with Crippen LogP contribution in [0.25, 0.3) is 0 Å². The number of aromatic nitrogens is 2. The fourth-order valence-corrected chi connectivity index (χ4v) is 4.42. The number of benzene rings is 2. The summed E-state index contributed by atoms with van der Waals surface area (Å²) in [7, 11) is -3.84. The van der Waals surface area contributed by atoms with Gasteiger partial charge < -0.3 is 9.88 Å². The molecular weight excluding hydrogens is 424 g/mol. The van der Waals surface area contributed by atoms with Crippen molar-refractivity contribution >= 4 is 27.5 Å². The lowest BCUT2D eigenvalue weighted by atomic mass is 10.2. The van der Waals surface area contributed by atoms with E-state index in [0.29, 0.717) is 18.0 Å². The third kappa shape index (κ3) is 6.16. The van der Waals surface area contributed by atoms with Crippen LogP contribution in [-0.4, -0.2) is 41.3 Å². The van der Waals surface area contributed by atoms with Crippen molar-refractivity contribution in [2.45, 2.75) is 24.4 Å². The zero-order valence-corrected chi connectivity index (χ0v) is 17.9. The fourth-order valence-electron chi connectivity index (χ4n) is 2.89. The second-order valence-corrected chi connectivity index (χ2v) is 9.09. The Bertz CT molecular complexity index is 1040. The maximum absolute atomic E-state index is 13.1. The number of hydrogen-bond acceptors (Lipinski definition) is 4. The van der Waals surface area contributed by atoms with Crippen LogP contribution in [0.1, 0.15) is 12.0 Å². The first kappa shape index (κ1) is 22.0. The Labute approximate surface area is 181 Å². The van der Waals surface area contributed by atoms with Gasteiger partial charge in [0, 0.05) is 37.1 Å². The number of carbonyl (C=O) groups excluding carboxylic acids is 1. The summed E-state index contributed by atoms with van der Waals surface area (Å²) in [6.07, 6.45) is 5.97. The number of imidazole rings is 1. The molecular formula is C21H23ClN4O3S. The lowest BCUT2D eigenvalue weighted by Crippen LogP contribution is -2.40. The fraction of sp³-hybridized carbons (Fsp3) is 0.238. The molecule has 1 heterocycles. The van der Waals surface area contributed by atoms with Crippen LogP contribution < -0.4 is 5.32 Å². The average Bonchev–Trinajstić information content (AvgIpc) is 3.26. The van der Waals surface area contributed by atoms with Gasteiger partial charge in [0.2, 0.25) is 15.9 Å². The van der Waals surface area contributed by atoms with Gasteiger partial charge in [-0.2, -0.15) is 4.31 Å². The Hall–Kier alpha value is -2.68. The number of nitrogens with zero attached hydrogens (tertiary/aromatic N) is 3. The minimum Gasteiger partial charge on any atom is -0.355 e. The lowest BCUT2D eigenvalue weighted by molar-refractivity contribution is -0.121. The zero-order valence-electron chi connectivity index (χ0n) is 16.3. The van der Waals surface area contributed by atoms with Crippen molar-refractivity contribution in [3.8, 4) is 0 Å². The Balaban J connectivity index is 1.67. The van der Waals surface area contributed by atoms with E-state index in [-0.39, 0.29) is 23.9 Å². The van der Waals surface area contributed by atoms with Crippen molar-refractivity contribution in [2.24, 2.45) is 0 Å². The molecule has 0 saturated heterocycles. The minimum atomic E-state index is -3.84. The molecule has 1 amide bonds. The normalized spacial score (nSPS) is 11.5. The SMILES string of the molecule is O=C(CN(Cc1ccc(Cl)cc1)S(=O)(=O)c1ccccc1)NCCCn1ccnc1. The molecule has 7 nitrogen and oxygen atoms in total. The number of rotatable bonds is 10. The van der Waals surface area contributed by atoms with Gasteiger partial charge in [0.15, 0.2) is 0 Å². The van der Waals surface area contributed by atoms with Gasteiger partial charge in [-0.05, 0) is 36.2 Å². The summed E-state index contributed by atoms with van der Waals surface area (Å²) in [6.45, 7) is 0.954. The predicted molar refractivity (Wildman–Crippen MR) is 115 cm³/mol. The van der Waals surface area contributed by atoms with Crippen molar-refractivity contribution in [3.05, 3.63) is 83.9 Å². The van der Waals surface area contributed by atoms with Crippen LogP contribution in [0.4, 0.5) is 0 Å². The molecule has 158 valence electrons. The van der Waals surface area contributed by atoms with Crippen molar-refractivity contribution < 1.29 is 13.2 Å². The van der Waals surface area contributed by atoms with E-state index >= 15 is 0 Å². The van der Waals surface area contributed by atoms with Gasteiger partial charge in [0.1, 0.15) is 0 Å². The molecule has 1 aromatic heterocycles. The molecule has 30 heavy (non-hydrogen) atoms. The van der Waals surface area contributed by atoms with E-state index in [1.807, 2.05) is 10.8 Å². The topological polar surface area (TPSA) is 84.3 Å². The Kier molecular flexibility index (Phi) is 7.62. The summed E-state index contributed by atoms with van der Waals surface area (Å²) in [5, 5.41) is 3.36. The van der Waals surface area contributed by atoms with Crippen LogP contribution in [0, 0.1) is 0 Å². The second-order valence-electron chi connectivity index (χ2n) is 6.72. The number of halogens is 1. The molecule has 0 aliphatic carbocycles. The smallest absolute Gasteiger partial charge is 0.243 e. The molecule has 0 aliphatic rings. The van der Waals surface area contributed by atoms with Gasteiger partial charge in [0.25, 0.3) is 0 Å². The Morgan fingerprint density at radius 1 is 1.10 bits per heavy atom. The van der Waals surface area contributed by atoms with Gasteiger partial charge in [-0.15, -0.1) is 0 Å². The summed E-state index contributed by atoms with van der Waals surface area (Å²) >= 11 is 5.92. The van der Waals surface area contributed by atoms with Gasteiger partial charge in [-0.1, -0.05) is 41.9 Å². The summed E-state index contributed by atoms with van der Waals surface area (Å²) in [4.78, 5) is 16.6. The van der Waals surface area contributed by atoms with E-state index in [1.165, 1.54) is 16.4 Å². The maximum Gasteiger partial charge on any atom is 0.243 e. The third-order valence-electron chi connectivity index (χ3n) is 4.45. The maximum atomic E-state index is 13.1. The molecule has 0 fully saturated rings. The van der Waals surface area contributed by atoms with E-state index in [2.05, 4.69) is 10.3 Å². The minimum absolute atomic E-state index is 0.0663. The highest BCUT2D eigenvalue weighted by Gasteiger charge is 2.26. The summed E-state index contributed by atoms with van der Waals surface area (Å²) < 4.78 is 29.4. The van der Waals surface area contributed by atoms with E-state index in [1.54, 1.807) is 55.0 Å². The molecule has 3 rings (SSSR count). The number of aryl methyl sites for hydroxylation is 1. The summed E-state index contributed by atoms with van der Waals surface area (Å²) in [5.41, 5.74) is 0.742. The van der Waals surface area contributed by atoms with Gasteiger partial charge >= 0.3 is 0 Å². The molecule has 1 N–H and O–H groups in total. The number of amides is 1. The molecule has 0 saturated carbocycles. The largest absolute Gasteiger partial charge is 0.355 e. The summed E-state index contributed by atoms with van der Waals surface area (Å²) in [5.74, 6) is -0.353. The molecule has 2 aromatic carbocycles. The number of hydrogen-bond donors (Lipinski definition) is 1. The van der Waals surface area contributed by atoms with Gasteiger partial charge in [0.05, 0.1) is 17.8 Å². The first-order valence-corrected chi connectivity index (χ1v) is 11.3. The second kappa shape index (κ2) is 10.4. The third-order valence-corrected chi connectivity index (χ3v) is 6.51. The molecule has 0 atom stereocenters. The van der Waals surface area contributed by atoms with Gasteiger partial charge in [-0.3, -0.25) is 4.79 Å². The highest BCUT2D eigenvalue weighted by molar-refractivity contribution is 7.89. The van der Waals surface area contributed by atoms with Gasteiger partial charge in [-0.25, -0.2) is 13.4 Å². The Morgan fingerprint density at radius 3 is 2.50 bits per heavy atom. The van der Waals surface area contributed by atoms with Crippen LogP contribution in [-0.2, 0) is 27.9 Å². The predicted octanol–water partition coefficient (Wildman–Crippen LogP) is 2.93. The van der Waals surface area contributed by atoms with Crippen LogP contribution in [0.15, 0.2) is 78.2 Å². The first-order valence-electron chi connectivity index (χ1n) is 9.47. The molecule has 0 bridgehead atoms. The van der Waals surface area contributed by atoms with E-state index in [9.17, 15) is 13.2 Å². The monoisotopic (exact) mass is 446 g/mol. The zero-order chi connectivity index (χ0) is 21.4. The molecule has 0 aliphatic heterocycles. The van der Waals surface area contributed by atoms with E-state index in [0.717, 1.165) is 12.1 Å². The van der Waals surface area contributed by atoms with Crippen LogP contribution in [0.5, 0.6) is 0 Å². The molecule has 3 aromatic rings. The number of sulfonamides is 1. The quantitative estimate of drug-likeness (QED) is 0.485. The van der Waals surface area contributed by atoms with Crippen molar-refractivity contribution in [1.82, 2.24) is 19.2 Å². The van der Waals surface area contributed by atoms with Crippen molar-refractivity contribution in [3.63, 3.8) is 0 Å². The van der Waals surface area contributed by atoms with E-state index in [4.69, 9.17) is 11.6 Å². The summed E-state index contributed by atoms with van der Waals surface area (Å²) in [6, 6.07) is 15.0. The Morgan fingerprint density at radius 2 is 1.83 bits per heavy atom. The van der Waals surface area contributed by atoms with Crippen LogP contribution >= 0.6 is 11.6 Å². The number of nitrogens with one attached hydrogen (secondary N) is 1. The van der Waals surface area contributed by atoms with Crippen molar-refractivity contribution in [1.29, 1.82) is 0 Å². The molecule has 0 unspecified atom stereocenters. The number of carbonyl (C=O) groups is 1. The van der Waals surface area contributed by atoms with Crippen LogP contribution in [0.2, 0.25) is 5.02 Å². The lowest BCUT2D eigenvalue weighted by Gasteiger charge is -2.22. The average molecular weight is 447 g/mol. The standard InChI is InChI=1S/C21H23ClN4O3S/c22-19-9-7-18(8-10-19)15-26(30(28,29)20-5-2-1-3-6-20)16-21(27)24-11-4-13-25-14-12-23-17-25/h1-3,5-10,12,14,17H,4,11,13,15-16H2,(H,24,27). The molecule has 0 spiro atoms. The molecule has 0 radical (unpaired) electrons. The van der Waals surface area contributed by atoms with Crippen LogP contribution in [0.3, 0.4) is 0 Å². The molecule has 9 heteroatoms. The highest BCUT2D eigenvalue weighted by Crippen LogP contribution is 2.19. The highest BCUT2D eigenvalue weighted by atomic mass is 35.5. The van der Waals surface area contributed by atoms with Crippen molar-refractivity contribution in [2.75, 3.05) is 13.1 Å². The first-order chi connectivity index (χ1) is 14.4.